The fourth-order valence-corrected chi connectivity index (χ4v) is 5.54. The molecule has 3 aliphatic rings. The molecule has 3 fully saturated rings. The Balaban J connectivity index is 1.66. The molecule has 0 saturated carbocycles. The maximum absolute atomic E-state index is 13.5. The molecule has 0 aromatic carbocycles. The zero-order valence-corrected chi connectivity index (χ0v) is 27.2. The molecule has 0 unspecified atom stereocenters. The van der Waals surface area contributed by atoms with Crippen LogP contribution in [0.3, 0.4) is 0 Å². The molecule has 4 heterocycles. The molecule has 21 nitrogen and oxygen atoms in total. The molecular weight excluding hydrogens is 642 g/mol. The van der Waals surface area contributed by atoms with Crippen LogP contribution in [0.4, 0.5) is 14.4 Å². The van der Waals surface area contributed by atoms with E-state index in [0.29, 0.717) is 28.4 Å². The summed E-state index contributed by atoms with van der Waals surface area (Å²) in [5.74, 6) is -2.08. The minimum Gasteiger partial charge on any atom is -0.389 e. The van der Waals surface area contributed by atoms with E-state index in [1.165, 1.54) is 41.5 Å². The fraction of sp³-hybridized carbons (Fsp3) is 0.667. The summed E-state index contributed by atoms with van der Waals surface area (Å²) in [5, 5.41) is 39.6. The second-order valence-corrected chi connectivity index (χ2v) is 13.6. The molecule has 0 radical (unpaired) electrons. The predicted octanol–water partition coefficient (Wildman–Crippen LogP) is -4.75. The molecule has 4 rings (SSSR count). The van der Waals surface area contributed by atoms with Gasteiger partial charge in [0, 0.05) is 0 Å². The number of rotatable bonds is 12. The highest BCUT2D eigenvalue weighted by Crippen LogP contribution is 2.19. The molecule has 3 atom stereocenters. The number of amides is 9. The second-order valence-electron chi connectivity index (χ2n) is 13.6. The summed E-state index contributed by atoms with van der Waals surface area (Å²) in [6.07, 6.45) is -5.18. The Morgan fingerprint density at radius 2 is 0.646 bits per heavy atom. The standard InChI is InChI=1S/C27H39N9O12/c1-25(2)16(40)31(19(43)28-25)7-13(37)10-34-22(46)35(11-14(38)8-32-17(41)26(3,4)29-20(32)44)24(48)36(23(34)47)12-15(39)9-33-18(42)27(5,6)30-21(33)45/h13-15,37-39H,7-12H2,1-6H3,(H,28,43)(H,29,44)(H,30,45)/t13-,14-,15+/m1/s1. The lowest BCUT2D eigenvalue weighted by molar-refractivity contribution is -0.131. The molecule has 1 aromatic rings. The summed E-state index contributed by atoms with van der Waals surface area (Å²) in [7, 11) is 0. The lowest BCUT2D eigenvalue weighted by Crippen LogP contribution is -2.58. The van der Waals surface area contributed by atoms with Crippen LogP contribution in [0.5, 0.6) is 0 Å². The Labute approximate surface area is 271 Å². The Kier molecular flexibility index (Phi) is 9.20. The third kappa shape index (κ3) is 6.60. The van der Waals surface area contributed by atoms with Crippen molar-refractivity contribution >= 4 is 35.8 Å². The first-order valence-electron chi connectivity index (χ1n) is 14.9. The van der Waals surface area contributed by atoms with Crippen molar-refractivity contribution in [3.8, 4) is 0 Å². The van der Waals surface area contributed by atoms with Crippen molar-refractivity contribution in [2.75, 3.05) is 19.6 Å². The third-order valence-corrected chi connectivity index (χ3v) is 8.08. The first kappa shape index (κ1) is 36.0. The van der Waals surface area contributed by atoms with Crippen LogP contribution in [0.15, 0.2) is 14.4 Å². The molecule has 3 saturated heterocycles. The van der Waals surface area contributed by atoms with E-state index in [9.17, 15) is 58.5 Å². The number of aliphatic hydroxyl groups is 3. The highest BCUT2D eigenvalue weighted by atomic mass is 16.3. The molecular formula is C27H39N9O12. The molecule has 0 bridgehead atoms. The Morgan fingerprint density at radius 3 is 0.812 bits per heavy atom. The molecule has 3 aliphatic heterocycles. The van der Waals surface area contributed by atoms with Gasteiger partial charge in [-0.2, -0.15) is 0 Å². The van der Waals surface area contributed by atoms with Gasteiger partial charge in [0.05, 0.1) is 57.6 Å². The summed E-state index contributed by atoms with van der Waals surface area (Å²) in [6.45, 7) is 3.97. The van der Waals surface area contributed by atoms with E-state index in [-0.39, 0.29) is 0 Å². The van der Waals surface area contributed by atoms with E-state index < -0.39 is 127 Å². The van der Waals surface area contributed by atoms with Crippen molar-refractivity contribution in [2.24, 2.45) is 0 Å². The number of carbonyl (C=O) groups is 6. The first-order chi connectivity index (χ1) is 22.0. The summed E-state index contributed by atoms with van der Waals surface area (Å²) in [5.41, 5.74) is -7.90. The molecule has 0 spiro atoms. The predicted molar refractivity (Wildman–Crippen MR) is 160 cm³/mol. The van der Waals surface area contributed by atoms with E-state index in [1.807, 2.05) is 0 Å². The monoisotopic (exact) mass is 681 g/mol. The molecule has 264 valence electrons. The minimum atomic E-state index is -1.73. The van der Waals surface area contributed by atoms with Crippen LogP contribution in [0.1, 0.15) is 41.5 Å². The molecule has 48 heavy (non-hydrogen) atoms. The zero-order valence-electron chi connectivity index (χ0n) is 27.2. The van der Waals surface area contributed by atoms with Crippen molar-refractivity contribution in [2.45, 2.75) is 96.1 Å². The smallest absolute Gasteiger partial charge is 0.336 e. The number of nitrogens with one attached hydrogen (secondary N) is 3. The van der Waals surface area contributed by atoms with Gasteiger partial charge >= 0.3 is 35.2 Å². The van der Waals surface area contributed by atoms with Gasteiger partial charge in [0.1, 0.15) is 16.6 Å². The number of β-amino-alcohol motifs (C(OH)–C–C–N with tert-alkyl or cyclic N) is 3. The van der Waals surface area contributed by atoms with Crippen LogP contribution in [0.25, 0.3) is 0 Å². The van der Waals surface area contributed by atoms with Gasteiger partial charge in [0.2, 0.25) is 0 Å². The zero-order chi connectivity index (χ0) is 36.3. The molecule has 9 amide bonds. The maximum atomic E-state index is 13.5. The highest BCUT2D eigenvalue weighted by Gasteiger charge is 2.47. The van der Waals surface area contributed by atoms with E-state index in [2.05, 4.69) is 16.0 Å². The van der Waals surface area contributed by atoms with E-state index in [1.54, 1.807) is 0 Å². The molecule has 21 heteroatoms. The number of aliphatic hydroxyl groups excluding tert-OH is 3. The highest BCUT2D eigenvalue weighted by molar-refractivity contribution is 6.07. The van der Waals surface area contributed by atoms with Crippen LogP contribution in [-0.2, 0) is 34.0 Å². The number of hydrogen-bond acceptors (Lipinski definition) is 12. The van der Waals surface area contributed by atoms with E-state index in [0.717, 1.165) is 0 Å². The van der Waals surface area contributed by atoms with Crippen LogP contribution in [0.2, 0.25) is 0 Å². The van der Waals surface area contributed by atoms with Crippen molar-refractivity contribution in [1.82, 2.24) is 44.4 Å². The third-order valence-electron chi connectivity index (χ3n) is 8.08. The van der Waals surface area contributed by atoms with Crippen molar-refractivity contribution in [3.05, 3.63) is 31.5 Å². The number of aromatic nitrogens is 3. The molecule has 0 aliphatic carbocycles. The lowest BCUT2D eigenvalue weighted by atomic mass is 10.1. The van der Waals surface area contributed by atoms with Gasteiger partial charge < -0.3 is 31.3 Å². The van der Waals surface area contributed by atoms with Crippen LogP contribution < -0.4 is 33.0 Å². The summed E-state index contributed by atoms with van der Waals surface area (Å²) in [4.78, 5) is 117. The van der Waals surface area contributed by atoms with E-state index in [4.69, 9.17) is 0 Å². The van der Waals surface area contributed by atoms with Crippen molar-refractivity contribution < 1.29 is 44.1 Å². The Hall–Kier alpha value is -4.89. The Bertz CT molecular complexity index is 1530. The van der Waals surface area contributed by atoms with Gasteiger partial charge in [-0.25, -0.2) is 42.5 Å². The number of urea groups is 3. The SMILES string of the molecule is CC1(C)NC(=O)N(C[C@@H](O)Cn2c(=O)n(C[C@H](O)CN3C(=O)NC(C)(C)C3=O)c(=O)n(C[C@@H](O)CN3C(=O)NC(C)(C)C3=O)c2=O)C1=O. The van der Waals surface area contributed by atoms with Crippen LogP contribution >= 0.6 is 0 Å². The van der Waals surface area contributed by atoms with Crippen LogP contribution in [0, 0.1) is 0 Å². The average molecular weight is 682 g/mol. The largest absolute Gasteiger partial charge is 0.389 e. The van der Waals surface area contributed by atoms with Gasteiger partial charge in [0.15, 0.2) is 0 Å². The average Bonchev–Trinajstić information content (AvgIpc) is 3.38. The number of carbonyl (C=O) groups excluding carboxylic acids is 6. The van der Waals surface area contributed by atoms with E-state index >= 15 is 0 Å². The topological polar surface area (TPSA) is 275 Å². The van der Waals surface area contributed by atoms with Gasteiger partial charge in [-0.1, -0.05) is 0 Å². The van der Waals surface area contributed by atoms with Gasteiger partial charge in [-0.3, -0.25) is 29.1 Å². The summed E-state index contributed by atoms with van der Waals surface area (Å²) >= 11 is 0. The summed E-state index contributed by atoms with van der Waals surface area (Å²) < 4.78 is 1.13. The number of hydrogen-bond donors (Lipinski definition) is 6. The van der Waals surface area contributed by atoms with Gasteiger partial charge in [-0.05, 0) is 41.5 Å². The van der Waals surface area contributed by atoms with Crippen molar-refractivity contribution in [1.29, 1.82) is 0 Å². The van der Waals surface area contributed by atoms with Crippen LogP contribution in [-0.4, -0.2) is 134 Å². The first-order valence-corrected chi connectivity index (χ1v) is 14.9. The van der Waals surface area contributed by atoms with Gasteiger partial charge in [-0.15, -0.1) is 0 Å². The quantitative estimate of drug-likeness (QED) is 0.114. The maximum Gasteiger partial charge on any atom is 0.336 e. The fourth-order valence-electron chi connectivity index (χ4n) is 5.54. The van der Waals surface area contributed by atoms with Gasteiger partial charge in [0.25, 0.3) is 17.7 Å². The summed E-state index contributed by atoms with van der Waals surface area (Å²) in [6, 6.07) is -2.51. The second kappa shape index (κ2) is 12.3. The molecule has 1 aromatic heterocycles. The lowest BCUT2D eigenvalue weighted by Gasteiger charge is -2.23. The Morgan fingerprint density at radius 1 is 0.438 bits per heavy atom. The number of imide groups is 3. The molecule has 6 N–H and O–H groups in total. The minimum absolute atomic E-state index is 0.378. The number of nitrogens with zero attached hydrogens (tertiary/aromatic N) is 6. The van der Waals surface area contributed by atoms with Crippen molar-refractivity contribution in [3.63, 3.8) is 0 Å². The normalized spacial score (nSPS) is 21.8.